The highest BCUT2D eigenvalue weighted by atomic mass is 16.5. The zero-order chi connectivity index (χ0) is 25.5. The van der Waals surface area contributed by atoms with E-state index in [9.17, 15) is 4.79 Å². The molecule has 3 heteroatoms. The van der Waals surface area contributed by atoms with Gasteiger partial charge in [-0.2, -0.15) is 0 Å². The molecule has 0 unspecified atom stereocenters. The molecule has 0 heterocycles. The fraction of sp³-hybridized carbons (Fsp3) is 0.344. The number of benzene rings is 2. The molecule has 2 aromatic carbocycles. The van der Waals surface area contributed by atoms with E-state index in [2.05, 4.69) is 70.2 Å². The lowest BCUT2D eigenvalue weighted by Gasteiger charge is -2.11. The maximum absolute atomic E-state index is 11.6. The van der Waals surface area contributed by atoms with Gasteiger partial charge in [0.05, 0.1) is 7.11 Å². The predicted molar refractivity (Wildman–Crippen MR) is 148 cm³/mol. The second kappa shape index (κ2) is 15.5. The largest absolute Gasteiger partial charge is 0.489 e. The van der Waals surface area contributed by atoms with Crippen molar-refractivity contribution < 1.29 is 14.3 Å². The molecule has 3 nitrogen and oxygen atoms in total. The summed E-state index contributed by atoms with van der Waals surface area (Å²) in [5.74, 6) is 0.377. The van der Waals surface area contributed by atoms with Gasteiger partial charge in [0, 0.05) is 11.6 Å². The highest BCUT2D eigenvalue weighted by Crippen LogP contribution is 2.24. The van der Waals surface area contributed by atoms with Crippen LogP contribution in [0.15, 0.2) is 89.6 Å². The van der Waals surface area contributed by atoms with Crippen LogP contribution in [0.25, 0.3) is 6.08 Å². The summed E-state index contributed by atoms with van der Waals surface area (Å²) < 4.78 is 10.9. The first kappa shape index (κ1) is 27.9. The molecule has 0 bridgehead atoms. The van der Waals surface area contributed by atoms with Crippen molar-refractivity contribution in [2.24, 2.45) is 0 Å². The summed E-state index contributed by atoms with van der Waals surface area (Å²) in [5, 5.41) is 0. The Hall–Kier alpha value is -3.33. The van der Waals surface area contributed by atoms with Gasteiger partial charge in [-0.15, -0.1) is 0 Å². The van der Waals surface area contributed by atoms with Gasteiger partial charge in [-0.05, 0) is 89.1 Å². The van der Waals surface area contributed by atoms with Crippen LogP contribution in [0.5, 0.6) is 5.75 Å². The normalized spacial score (nSPS) is 12.0. The highest BCUT2D eigenvalue weighted by Gasteiger charge is 2.05. The van der Waals surface area contributed by atoms with Gasteiger partial charge in [0.2, 0.25) is 0 Å². The molecule has 0 aliphatic carbocycles. The number of methoxy groups -OCH3 is 1. The van der Waals surface area contributed by atoms with Crippen LogP contribution < -0.4 is 4.74 Å². The van der Waals surface area contributed by atoms with Crippen molar-refractivity contribution in [3.8, 4) is 5.75 Å². The first-order valence-electron chi connectivity index (χ1n) is 12.4. The summed E-state index contributed by atoms with van der Waals surface area (Å²) in [6.45, 7) is 9.15. The van der Waals surface area contributed by atoms with Crippen molar-refractivity contribution in [2.45, 2.75) is 59.8 Å². The summed E-state index contributed by atoms with van der Waals surface area (Å²) in [7, 11) is 1.38. The van der Waals surface area contributed by atoms with E-state index in [0.717, 1.165) is 49.0 Å². The molecule has 186 valence electrons. The zero-order valence-corrected chi connectivity index (χ0v) is 22.0. The number of hydrogen-bond donors (Lipinski definition) is 0. The average molecular weight is 473 g/mol. The number of carbonyl (C=O) groups excluding carboxylic acids is 1. The van der Waals surface area contributed by atoms with Gasteiger partial charge in [-0.1, -0.05) is 71.3 Å². The number of ether oxygens (including phenoxy) is 2. The van der Waals surface area contributed by atoms with Gasteiger partial charge in [-0.3, -0.25) is 0 Å². The molecule has 0 atom stereocenters. The Morgan fingerprint density at radius 2 is 1.51 bits per heavy atom. The van der Waals surface area contributed by atoms with E-state index in [1.807, 2.05) is 24.3 Å². The van der Waals surface area contributed by atoms with Crippen molar-refractivity contribution in [1.82, 2.24) is 0 Å². The quantitative estimate of drug-likeness (QED) is 0.167. The topological polar surface area (TPSA) is 35.5 Å². The van der Waals surface area contributed by atoms with Crippen LogP contribution in [0.3, 0.4) is 0 Å². The molecule has 2 rings (SSSR count). The molecular weight excluding hydrogens is 432 g/mol. The van der Waals surface area contributed by atoms with Gasteiger partial charge in [0.15, 0.2) is 0 Å². The first-order chi connectivity index (χ1) is 16.9. The molecule has 0 saturated carbocycles. The van der Waals surface area contributed by atoms with Crippen molar-refractivity contribution in [1.29, 1.82) is 0 Å². The van der Waals surface area contributed by atoms with Crippen molar-refractivity contribution in [2.75, 3.05) is 13.7 Å². The van der Waals surface area contributed by atoms with E-state index in [4.69, 9.17) is 9.47 Å². The minimum absolute atomic E-state index is 0.385. The Kier molecular flexibility index (Phi) is 12.4. The number of allylic oxidation sites excluding steroid dienone is 5. The van der Waals surface area contributed by atoms with Crippen LogP contribution in [-0.2, 0) is 16.0 Å². The minimum atomic E-state index is -0.385. The summed E-state index contributed by atoms with van der Waals surface area (Å²) in [6.07, 6.45) is 15.1. The van der Waals surface area contributed by atoms with Crippen LogP contribution in [0.4, 0.5) is 0 Å². The fourth-order valence-electron chi connectivity index (χ4n) is 3.62. The van der Waals surface area contributed by atoms with Crippen LogP contribution >= 0.6 is 0 Å². The average Bonchev–Trinajstić information content (AvgIpc) is 2.83. The second-order valence-electron chi connectivity index (χ2n) is 9.16. The molecule has 0 fully saturated rings. The number of hydrogen-bond acceptors (Lipinski definition) is 3. The van der Waals surface area contributed by atoms with E-state index < -0.39 is 0 Å². The molecular formula is C32H40O3. The Morgan fingerprint density at radius 3 is 2.20 bits per heavy atom. The minimum Gasteiger partial charge on any atom is -0.489 e. The first-order valence-corrected chi connectivity index (χ1v) is 12.4. The summed E-state index contributed by atoms with van der Waals surface area (Å²) in [6, 6.07) is 16.5. The number of rotatable bonds is 13. The maximum Gasteiger partial charge on any atom is 0.330 e. The summed E-state index contributed by atoms with van der Waals surface area (Å²) >= 11 is 0. The molecule has 0 amide bonds. The van der Waals surface area contributed by atoms with Crippen molar-refractivity contribution in [3.63, 3.8) is 0 Å². The lowest BCUT2D eigenvalue weighted by Crippen LogP contribution is -1.99. The summed E-state index contributed by atoms with van der Waals surface area (Å²) in [5.41, 5.74) is 7.40. The fourth-order valence-corrected chi connectivity index (χ4v) is 3.62. The van der Waals surface area contributed by atoms with Gasteiger partial charge in [0.1, 0.15) is 12.4 Å². The number of esters is 1. The molecule has 0 aliphatic heterocycles. The molecule has 0 saturated heterocycles. The van der Waals surface area contributed by atoms with Gasteiger partial charge < -0.3 is 9.47 Å². The van der Waals surface area contributed by atoms with Gasteiger partial charge in [0.25, 0.3) is 0 Å². The van der Waals surface area contributed by atoms with Gasteiger partial charge in [-0.25, -0.2) is 4.79 Å². The monoisotopic (exact) mass is 472 g/mol. The van der Waals surface area contributed by atoms with Gasteiger partial charge >= 0.3 is 5.97 Å². The maximum atomic E-state index is 11.6. The molecule has 0 spiro atoms. The molecule has 35 heavy (non-hydrogen) atoms. The Balaban J connectivity index is 2.00. The third-order valence-electron chi connectivity index (χ3n) is 5.72. The highest BCUT2D eigenvalue weighted by molar-refractivity contribution is 5.87. The zero-order valence-electron chi connectivity index (χ0n) is 22.0. The molecule has 0 aromatic heterocycles. The third-order valence-corrected chi connectivity index (χ3v) is 5.72. The second-order valence-corrected chi connectivity index (χ2v) is 9.16. The standard InChI is InChI=1S/C32H40O3/c1-25(2)11-9-12-26(3)13-10-14-27(4)21-22-35-31-24-29(23-28-15-7-6-8-16-28)17-18-30(31)19-20-32(33)34-5/h6-8,11,13,15-21,24H,9-10,12,14,22-23H2,1-5H3/b20-19+,26-13-,27-21+. The van der Waals surface area contributed by atoms with Crippen molar-refractivity contribution in [3.05, 3.63) is 106 Å². The smallest absolute Gasteiger partial charge is 0.330 e. The van der Waals surface area contributed by atoms with Crippen LogP contribution in [0.2, 0.25) is 0 Å². The Bertz CT molecular complexity index is 1050. The van der Waals surface area contributed by atoms with Crippen molar-refractivity contribution >= 4 is 12.0 Å². The van der Waals surface area contributed by atoms with E-state index >= 15 is 0 Å². The Morgan fingerprint density at radius 1 is 0.829 bits per heavy atom. The molecule has 2 aromatic rings. The lowest BCUT2D eigenvalue weighted by molar-refractivity contribution is -0.134. The van der Waals surface area contributed by atoms with Crippen LogP contribution in [-0.4, -0.2) is 19.7 Å². The third kappa shape index (κ3) is 11.6. The lowest BCUT2D eigenvalue weighted by atomic mass is 10.0. The molecule has 0 aliphatic rings. The SMILES string of the molecule is COC(=O)/C=C/c1ccc(Cc2ccccc2)cc1OC/C=C(\C)CC/C=C(/C)CCC=C(C)C. The van der Waals surface area contributed by atoms with E-state index in [0.29, 0.717) is 6.61 Å². The van der Waals surface area contributed by atoms with E-state index in [1.54, 1.807) is 6.08 Å². The molecule has 0 radical (unpaired) electrons. The summed E-state index contributed by atoms with van der Waals surface area (Å²) in [4.78, 5) is 11.6. The van der Waals surface area contributed by atoms with E-state index in [-0.39, 0.29) is 5.97 Å². The predicted octanol–water partition coefficient (Wildman–Crippen LogP) is 8.26. The van der Waals surface area contributed by atoms with Crippen LogP contribution in [0.1, 0.15) is 70.1 Å². The van der Waals surface area contributed by atoms with E-state index in [1.165, 1.54) is 35.5 Å². The number of carbonyl (C=O) groups is 1. The van der Waals surface area contributed by atoms with Crippen LogP contribution in [0, 0.1) is 0 Å². The Labute approximate surface area is 211 Å². The molecule has 0 N–H and O–H groups in total.